The van der Waals surface area contributed by atoms with Crippen molar-refractivity contribution in [2.45, 2.75) is 26.3 Å². The Balaban J connectivity index is 1.87. The van der Waals surface area contributed by atoms with Crippen LogP contribution in [0.4, 0.5) is 0 Å². The molecule has 0 aliphatic carbocycles. The van der Waals surface area contributed by atoms with Crippen molar-refractivity contribution in [2.75, 3.05) is 39.3 Å². The molecule has 106 valence electrons. The van der Waals surface area contributed by atoms with E-state index in [9.17, 15) is 0 Å². The molecule has 0 spiro atoms. The Morgan fingerprint density at radius 3 is 2.47 bits per heavy atom. The average Bonchev–Trinajstić information content (AvgIpc) is 2.42. The summed E-state index contributed by atoms with van der Waals surface area (Å²) in [5, 5.41) is 8.94. The number of aliphatic hydroxyl groups excluding tert-OH is 1. The summed E-state index contributed by atoms with van der Waals surface area (Å²) in [5.41, 5.74) is 2.35. The summed E-state index contributed by atoms with van der Waals surface area (Å²) in [7, 11) is 0. The third kappa shape index (κ3) is 4.27. The first kappa shape index (κ1) is 14.4. The van der Waals surface area contributed by atoms with E-state index in [1.54, 1.807) is 0 Å². The molecule has 4 nitrogen and oxygen atoms in total. The molecule has 4 heteroatoms. The van der Waals surface area contributed by atoms with Crippen LogP contribution >= 0.6 is 0 Å². The summed E-state index contributed by atoms with van der Waals surface area (Å²) >= 11 is 0. The lowest BCUT2D eigenvalue weighted by Gasteiger charge is -2.34. The van der Waals surface area contributed by atoms with Gasteiger partial charge in [-0.15, -0.1) is 0 Å². The maximum absolute atomic E-state index is 8.94. The number of nitrogens with zero attached hydrogens (tertiary/aromatic N) is 3. The molecule has 0 atom stereocenters. The minimum atomic E-state index is 0.262. The first-order valence-corrected chi connectivity index (χ1v) is 7.20. The molecule has 1 aromatic heterocycles. The largest absolute Gasteiger partial charge is 0.395 e. The number of pyridine rings is 1. The van der Waals surface area contributed by atoms with Crippen molar-refractivity contribution in [3.05, 3.63) is 29.6 Å². The second kappa shape index (κ2) is 6.98. The van der Waals surface area contributed by atoms with E-state index in [2.05, 4.69) is 41.8 Å². The van der Waals surface area contributed by atoms with Gasteiger partial charge >= 0.3 is 0 Å². The monoisotopic (exact) mass is 263 g/mol. The molecule has 0 aromatic carbocycles. The Hall–Kier alpha value is -0.970. The molecule has 0 amide bonds. The Kier molecular flexibility index (Phi) is 5.31. The maximum atomic E-state index is 8.94. The second-order valence-corrected chi connectivity index (χ2v) is 5.55. The number of rotatable bonds is 5. The van der Waals surface area contributed by atoms with Crippen LogP contribution < -0.4 is 0 Å². The van der Waals surface area contributed by atoms with Gasteiger partial charge in [0.05, 0.1) is 12.3 Å². The van der Waals surface area contributed by atoms with Gasteiger partial charge in [-0.05, 0) is 18.1 Å². The third-order valence-electron chi connectivity index (χ3n) is 3.69. The third-order valence-corrected chi connectivity index (χ3v) is 3.69. The molecule has 19 heavy (non-hydrogen) atoms. The van der Waals surface area contributed by atoms with Gasteiger partial charge in [0, 0.05) is 45.0 Å². The second-order valence-electron chi connectivity index (χ2n) is 5.55. The van der Waals surface area contributed by atoms with Crippen LogP contribution in [0.1, 0.15) is 31.2 Å². The molecule has 1 N–H and O–H groups in total. The molecule has 0 radical (unpaired) electrons. The van der Waals surface area contributed by atoms with Crippen molar-refractivity contribution in [3.8, 4) is 0 Å². The van der Waals surface area contributed by atoms with Crippen LogP contribution in [-0.2, 0) is 6.54 Å². The number of hydrogen-bond acceptors (Lipinski definition) is 4. The summed E-state index contributed by atoms with van der Waals surface area (Å²) in [6, 6.07) is 6.33. The quantitative estimate of drug-likeness (QED) is 0.869. The zero-order valence-corrected chi connectivity index (χ0v) is 12.0. The molecule has 0 unspecified atom stereocenters. The van der Waals surface area contributed by atoms with Gasteiger partial charge in [-0.2, -0.15) is 0 Å². The number of aliphatic hydroxyl groups is 1. The fourth-order valence-electron chi connectivity index (χ4n) is 2.45. The van der Waals surface area contributed by atoms with Crippen molar-refractivity contribution in [1.29, 1.82) is 0 Å². The minimum Gasteiger partial charge on any atom is -0.395 e. The lowest BCUT2D eigenvalue weighted by Crippen LogP contribution is -2.46. The molecule has 1 aliphatic rings. The van der Waals surface area contributed by atoms with Gasteiger partial charge in [0.1, 0.15) is 0 Å². The van der Waals surface area contributed by atoms with Gasteiger partial charge in [-0.3, -0.25) is 14.8 Å². The smallest absolute Gasteiger partial charge is 0.0558 e. The van der Waals surface area contributed by atoms with Crippen LogP contribution in [0.2, 0.25) is 0 Å². The van der Waals surface area contributed by atoms with E-state index < -0.39 is 0 Å². The lowest BCUT2D eigenvalue weighted by molar-refractivity contribution is 0.107. The summed E-state index contributed by atoms with van der Waals surface area (Å²) in [5.74, 6) is 0.487. The van der Waals surface area contributed by atoms with Crippen LogP contribution in [-0.4, -0.2) is 59.2 Å². The van der Waals surface area contributed by atoms with Gasteiger partial charge in [0.25, 0.3) is 0 Å². The molecule has 1 aromatic rings. The van der Waals surface area contributed by atoms with Gasteiger partial charge < -0.3 is 5.11 Å². The number of β-amino-alcohol motifs (C(OH)–C–C–N with tert-alkyl or cyclic N) is 1. The van der Waals surface area contributed by atoms with E-state index in [1.165, 1.54) is 11.4 Å². The maximum Gasteiger partial charge on any atom is 0.0558 e. The summed E-state index contributed by atoms with van der Waals surface area (Å²) in [4.78, 5) is 9.49. The molecule has 1 aliphatic heterocycles. The number of hydrogen-bond donors (Lipinski definition) is 1. The van der Waals surface area contributed by atoms with Crippen molar-refractivity contribution in [3.63, 3.8) is 0 Å². The molecule has 1 fully saturated rings. The molecule has 2 rings (SSSR count). The predicted molar refractivity (Wildman–Crippen MR) is 77.1 cm³/mol. The van der Waals surface area contributed by atoms with Crippen LogP contribution in [0.5, 0.6) is 0 Å². The van der Waals surface area contributed by atoms with E-state index >= 15 is 0 Å². The Labute approximate surface area is 116 Å². The van der Waals surface area contributed by atoms with Gasteiger partial charge in [0.2, 0.25) is 0 Å². The SMILES string of the molecule is CC(C)c1cccc(CN2CCN(CCO)CC2)n1. The van der Waals surface area contributed by atoms with E-state index in [4.69, 9.17) is 10.1 Å². The Morgan fingerprint density at radius 2 is 1.84 bits per heavy atom. The molecule has 0 bridgehead atoms. The van der Waals surface area contributed by atoms with E-state index in [1.807, 2.05) is 0 Å². The first-order valence-electron chi connectivity index (χ1n) is 7.20. The van der Waals surface area contributed by atoms with E-state index in [0.29, 0.717) is 5.92 Å². The molecular formula is C15H25N3O. The molecular weight excluding hydrogens is 238 g/mol. The number of aromatic nitrogens is 1. The number of piperazine rings is 1. The van der Waals surface area contributed by atoms with Crippen molar-refractivity contribution < 1.29 is 5.11 Å². The Morgan fingerprint density at radius 1 is 1.16 bits per heavy atom. The standard InChI is InChI=1S/C15H25N3O/c1-13(2)15-5-3-4-14(16-15)12-18-8-6-17(7-9-18)10-11-19/h3-5,13,19H,6-12H2,1-2H3. The predicted octanol–water partition coefficient (Wildman–Crippen LogP) is 1.31. The molecule has 2 heterocycles. The summed E-state index contributed by atoms with van der Waals surface area (Å²) < 4.78 is 0. The van der Waals surface area contributed by atoms with Gasteiger partial charge in [-0.1, -0.05) is 19.9 Å². The topological polar surface area (TPSA) is 39.6 Å². The normalized spacial score (nSPS) is 18.1. The zero-order chi connectivity index (χ0) is 13.7. The molecule has 1 saturated heterocycles. The van der Waals surface area contributed by atoms with Crippen molar-refractivity contribution in [1.82, 2.24) is 14.8 Å². The zero-order valence-electron chi connectivity index (χ0n) is 12.0. The first-order chi connectivity index (χ1) is 9.19. The highest BCUT2D eigenvalue weighted by Gasteiger charge is 2.16. The van der Waals surface area contributed by atoms with Crippen LogP contribution in [0.25, 0.3) is 0 Å². The van der Waals surface area contributed by atoms with Crippen LogP contribution in [0.3, 0.4) is 0 Å². The average molecular weight is 263 g/mol. The van der Waals surface area contributed by atoms with E-state index in [0.717, 1.165) is 39.3 Å². The van der Waals surface area contributed by atoms with Crippen molar-refractivity contribution in [2.24, 2.45) is 0 Å². The fourth-order valence-corrected chi connectivity index (χ4v) is 2.45. The highest BCUT2D eigenvalue weighted by atomic mass is 16.3. The van der Waals surface area contributed by atoms with Crippen molar-refractivity contribution >= 4 is 0 Å². The molecule has 0 saturated carbocycles. The van der Waals surface area contributed by atoms with Gasteiger partial charge in [0.15, 0.2) is 0 Å². The fraction of sp³-hybridized carbons (Fsp3) is 0.667. The Bertz CT molecular complexity index is 387. The summed E-state index contributed by atoms with van der Waals surface area (Å²) in [6.07, 6.45) is 0. The van der Waals surface area contributed by atoms with Crippen LogP contribution in [0, 0.1) is 0 Å². The van der Waals surface area contributed by atoms with Gasteiger partial charge in [-0.25, -0.2) is 0 Å². The minimum absolute atomic E-state index is 0.262. The summed E-state index contributed by atoms with van der Waals surface area (Å²) in [6.45, 7) is 10.6. The van der Waals surface area contributed by atoms with E-state index in [-0.39, 0.29) is 6.61 Å². The van der Waals surface area contributed by atoms with Crippen LogP contribution in [0.15, 0.2) is 18.2 Å². The highest BCUT2D eigenvalue weighted by molar-refractivity contribution is 5.13. The lowest BCUT2D eigenvalue weighted by atomic mass is 10.1. The highest BCUT2D eigenvalue weighted by Crippen LogP contribution is 2.13.